The van der Waals surface area contributed by atoms with Gasteiger partial charge in [-0.1, -0.05) is 43.4 Å². The van der Waals surface area contributed by atoms with E-state index in [1.165, 1.54) is 11.3 Å². The average Bonchev–Trinajstić information content (AvgIpc) is 2.92. The van der Waals surface area contributed by atoms with Crippen molar-refractivity contribution in [2.45, 2.75) is 37.4 Å². The van der Waals surface area contributed by atoms with Crippen LogP contribution in [0.1, 0.15) is 33.1 Å². The molecule has 110 valence electrons. The number of carbonyl (C=O) groups excluding carboxylic acids is 1. The van der Waals surface area contributed by atoms with Crippen molar-refractivity contribution in [2.24, 2.45) is 11.3 Å². The largest absolute Gasteiger partial charge is 0.481 e. The molecule has 0 radical (unpaired) electrons. The third-order valence-corrected chi connectivity index (χ3v) is 5.49. The van der Waals surface area contributed by atoms with Crippen LogP contribution in [0, 0.1) is 11.3 Å². The maximum absolute atomic E-state index is 12.2. The second-order valence-corrected chi connectivity index (χ2v) is 7.68. The Hall–Kier alpha value is -1.15. The number of hydrogen-bond acceptors (Lipinski definition) is 6. The van der Waals surface area contributed by atoms with Crippen LogP contribution < -0.4 is 5.32 Å². The van der Waals surface area contributed by atoms with Gasteiger partial charge in [-0.15, -0.1) is 10.2 Å². The maximum atomic E-state index is 12.2. The number of carbonyl (C=O) groups is 2. The van der Waals surface area contributed by atoms with Crippen molar-refractivity contribution in [3.8, 4) is 0 Å². The average molecular weight is 315 g/mol. The third kappa shape index (κ3) is 3.69. The number of aromatic nitrogens is 2. The van der Waals surface area contributed by atoms with Gasteiger partial charge in [-0.3, -0.25) is 9.59 Å². The Balaban J connectivity index is 1.93. The van der Waals surface area contributed by atoms with Crippen molar-refractivity contribution in [3.05, 3.63) is 0 Å². The molecule has 1 aromatic heterocycles. The van der Waals surface area contributed by atoms with Gasteiger partial charge in [0.05, 0.1) is 5.75 Å². The molecule has 1 aromatic rings. The van der Waals surface area contributed by atoms with E-state index in [-0.39, 0.29) is 23.0 Å². The zero-order chi connectivity index (χ0) is 14.8. The number of carboxylic acid groups (broad SMARTS) is 1. The quantitative estimate of drug-likeness (QED) is 0.640. The molecule has 0 aromatic carbocycles. The van der Waals surface area contributed by atoms with Crippen LogP contribution in [0.3, 0.4) is 0 Å². The predicted molar refractivity (Wildman–Crippen MR) is 78.0 cm³/mol. The summed E-state index contributed by atoms with van der Waals surface area (Å²) in [6.07, 6.45) is 3.03. The molecule has 2 rings (SSSR count). The molecular formula is C12H17N3O3S2. The lowest BCUT2D eigenvalue weighted by atomic mass is 9.81. The Morgan fingerprint density at radius 1 is 1.50 bits per heavy atom. The minimum absolute atomic E-state index is 0.00141. The van der Waals surface area contributed by atoms with Gasteiger partial charge in [0.15, 0.2) is 4.34 Å². The van der Waals surface area contributed by atoms with Crippen molar-refractivity contribution in [1.82, 2.24) is 10.2 Å². The summed E-state index contributed by atoms with van der Waals surface area (Å²) < 4.78 is 0.549. The van der Waals surface area contributed by atoms with Gasteiger partial charge >= 0.3 is 5.97 Å². The van der Waals surface area contributed by atoms with Gasteiger partial charge in [0.1, 0.15) is 0 Å². The molecule has 1 atom stereocenters. The number of nitrogens with one attached hydrogen (secondary N) is 1. The molecule has 1 saturated carbocycles. The maximum Gasteiger partial charge on any atom is 0.313 e. The van der Waals surface area contributed by atoms with Gasteiger partial charge < -0.3 is 10.4 Å². The molecule has 1 unspecified atom stereocenters. The fraction of sp³-hybridized carbons (Fsp3) is 0.667. The molecule has 8 heteroatoms. The van der Waals surface area contributed by atoms with Crippen LogP contribution in [-0.4, -0.2) is 32.9 Å². The number of hydrogen-bond donors (Lipinski definition) is 2. The van der Waals surface area contributed by atoms with E-state index in [9.17, 15) is 9.59 Å². The summed E-state index contributed by atoms with van der Waals surface area (Å²) in [4.78, 5) is 22.7. The summed E-state index contributed by atoms with van der Waals surface area (Å²) in [5, 5.41) is 19.6. The van der Waals surface area contributed by atoms with Crippen molar-refractivity contribution in [3.63, 3.8) is 0 Å². The normalized spacial score (nSPS) is 20.8. The van der Waals surface area contributed by atoms with Crippen molar-refractivity contribution in [1.29, 1.82) is 0 Å². The van der Waals surface area contributed by atoms with Crippen molar-refractivity contribution >= 4 is 40.1 Å². The first-order valence-electron chi connectivity index (χ1n) is 6.37. The number of rotatable bonds is 5. The zero-order valence-corrected chi connectivity index (χ0v) is 13.0. The number of thioether (sulfide) groups is 1. The molecule has 6 nitrogen and oxygen atoms in total. The van der Waals surface area contributed by atoms with Crippen LogP contribution >= 0.6 is 23.1 Å². The summed E-state index contributed by atoms with van der Waals surface area (Å²) in [6.45, 7) is 4.22. The monoisotopic (exact) mass is 315 g/mol. The molecule has 1 heterocycles. The van der Waals surface area contributed by atoms with Gasteiger partial charge in [0.2, 0.25) is 11.0 Å². The third-order valence-electron chi connectivity index (χ3n) is 3.53. The van der Waals surface area contributed by atoms with Crippen molar-refractivity contribution < 1.29 is 14.7 Å². The molecule has 1 amide bonds. The van der Waals surface area contributed by atoms with Gasteiger partial charge in [-0.25, -0.2) is 0 Å². The van der Waals surface area contributed by atoms with Gasteiger partial charge in [-0.2, -0.15) is 0 Å². The Morgan fingerprint density at radius 3 is 2.85 bits per heavy atom. The highest BCUT2D eigenvalue weighted by atomic mass is 32.2. The molecule has 1 fully saturated rings. The van der Waals surface area contributed by atoms with Crippen LogP contribution in [0.25, 0.3) is 0 Å². The van der Waals surface area contributed by atoms with Crippen LogP contribution in [0.2, 0.25) is 0 Å². The highest BCUT2D eigenvalue weighted by Gasteiger charge is 2.39. The summed E-state index contributed by atoms with van der Waals surface area (Å²) in [5.41, 5.74) is 0.0235. The van der Waals surface area contributed by atoms with Gasteiger partial charge in [0.25, 0.3) is 0 Å². The number of anilines is 1. The van der Waals surface area contributed by atoms with Gasteiger partial charge in [0, 0.05) is 5.92 Å². The van der Waals surface area contributed by atoms with Gasteiger partial charge in [-0.05, 0) is 18.3 Å². The zero-order valence-electron chi connectivity index (χ0n) is 11.4. The first-order valence-corrected chi connectivity index (χ1v) is 8.17. The Labute approximate surface area is 125 Å². The lowest BCUT2D eigenvalue weighted by molar-refractivity contribution is -0.134. The summed E-state index contributed by atoms with van der Waals surface area (Å²) in [5.74, 6) is -0.971. The van der Waals surface area contributed by atoms with E-state index >= 15 is 0 Å². The first-order chi connectivity index (χ1) is 9.38. The molecule has 1 aliphatic rings. The van der Waals surface area contributed by atoms with Crippen LogP contribution in [-0.2, 0) is 9.59 Å². The minimum atomic E-state index is -0.900. The highest BCUT2D eigenvalue weighted by molar-refractivity contribution is 8.01. The molecule has 0 saturated heterocycles. The van der Waals surface area contributed by atoms with E-state index in [4.69, 9.17) is 5.11 Å². The molecule has 0 spiro atoms. The minimum Gasteiger partial charge on any atom is -0.481 e. The van der Waals surface area contributed by atoms with Crippen LogP contribution in [0.4, 0.5) is 5.13 Å². The smallest absolute Gasteiger partial charge is 0.313 e. The van der Waals surface area contributed by atoms with Crippen LogP contribution in [0.15, 0.2) is 4.34 Å². The van der Waals surface area contributed by atoms with E-state index in [1.807, 2.05) is 0 Å². The van der Waals surface area contributed by atoms with E-state index in [2.05, 4.69) is 29.4 Å². The Bertz CT molecular complexity index is 516. The van der Waals surface area contributed by atoms with E-state index < -0.39 is 5.97 Å². The lowest BCUT2D eigenvalue weighted by Gasteiger charge is -2.25. The fourth-order valence-electron chi connectivity index (χ4n) is 2.45. The summed E-state index contributed by atoms with van der Waals surface area (Å²) >= 11 is 2.31. The predicted octanol–water partition coefficient (Wildman–Crippen LogP) is 2.48. The number of aliphatic carboxylic acids is 1. The van der Waals surface area contributed by atoms with E-state index in [0.29, 0.717) is 9.47 Å². The standard InChI is InChI=1S/C12H17N3O3S2/c1-12(2)5-3-4-7(12)9(18)13-10-14-15-11(20-10)19-6-8(16)17/h7H,3-6H2,1-2H3,(H,16,17)(H,13,14,18). The summed E-state index contributed by atoms with van der Waals surface area (Å²) in [7, 11) is 0. The molecule has 2 N–H and O–H groups in total. The topological polar surface area (TPSA) is 92.2 Å². The molecule has 1 aliphatic carbocycles. The Morgan fingerprint density at radius 2 is 2.25 bits per heavy atom. The highest BCUT2D eigenvalue weighted by Crippen LogP contribution is 2.43. The van der Waals surface area contributed by atoms with E-state index in [1.54, 1.807) is 0 Å². The molecule has 0 bridgehead atoms. The molecule has 20 heavy (non-hydrogen) atoms. The number of nitrogens with zero attached hydrogens (tertiary/aromatic N) is 2. The fourth-order valence-corrected chi connectivity index (χ4v) is 3.92. The molecule has 0 aliphatic heterocycles. The second-order valence-electron chi connectivity index (χ2n) is 5.48. The Kier molecular flexibility index (Phi) is 4.64. The van der Waals surface area contributed by atoms with Crippen LogP contribution in [0.5, 0.6) is 0 Å². The lowest BCUT2D eigenvalue weighted by Crippen LogP contribution is -2.30. The first kappa shape index (κ1) is 15.2. The molecular weight excluding hydrogens is 298 g/mol. The SMILES string of the molecule is CC1(C)CCCC1C(=O)Nc1nnc(SCC(=O)O)s1. The number of carboxylic acids is 1. The summed E-state index contributed by atoms with van der Waals surface area (Å²) in [6, 6.07) is 0. The number of amides is 1. The van der Waals surface area contributed by atoms with E-state index in [0.717, 1.165) is 31.0 Å². The van der Waals surface area contributed by atoms with Crippen molar-refractivity contribution in [2.75, 3.05) is 11.1 Å². The second kappa shape index (κ2) is 6.09.